The second-order valence-corrected chi connectivity index (χ2v) is 3.68. The van der Waals surface area contributed by atoms with E-state index in [1.807, 2.05) is 18.2 Å². The minimum absolute atomic E-state index is 0.221. The summed E-state index contributed by atoms with van der Waals surface area (Å²) in [7, 11) is 1.62. The molecular formula is C12H14O4. The van der Waals surface area contributed by atoms with Crippen molar-refractivity contribution in [1.82, 2.24) is 0 Å². The third-order valence-corrected chi connectivity index (χ3v) is 2.50. The third-order valence-electron chi connectivity index (χ3n) is 2.50. The molecule has 1 aromatic carbocycles. The summed E-state index contributed by atoms with van der Waals surface area (Å²) < 4.78 is 15.9. The predicted molar refractivity (Wildman–Crippen MR) is 57.7 cm³/mol. The maximum Gasteiger partial charge on any atom is 0.303 e. The van der Waals surface area contributed by atoms with E-state index in [-0.39, 0.29) is 12.1 Å². The molecule has 0 spiro atoms. The second-order valence-electron chi connectivity index (χ2n) is 3.68. The van der Waals surface area contributed by atoms with Crippen LogP contribution in [0.1, 0.15) is 12.5 Å². The Morgan fingerprint density at radius 3 is 3.00 bits per heavy atom. The van der Waals surface area contributed by atoms with Crippen LogP contribution in [0.2, 0.25) is 0 Å². The molecule has 0 saturated heterocycles. The Hall–Kier alpha value is -1.71. The Balaban J connectivity index is 2.21. The van der Waals surface area contributed by atoms with E-state index in [9.17, 15) is 4.79 Å². The van der Waals surface area contributed by atoms with E-state index in [1.165, 1.54) is 6.92 Å². The molecule has 2 rings (SSSR count). The summed E-state index contributed by atoms with van der Waals surface area (Å²) in [4.78, 5) is 10.9. The zero-order valence-corrected chi connectivity index (χ0v) is 9.36. The monoisotopic (exact) mass is 222 g/mol. The highest BCUT2D eigenvalue weighted by atomic mass is 16.6. The van der Waals surface area contributed by atoms with Crippen LogP contribution >= 0.6 is 0 Å². The third kappa shape index (κ3) is 2.10. The van der Waals surface area contributed by atoms with E-state index in [2.05, 4.69) is 0 Å². The lowest BCUT2D eigenvalue weighted by Crippen LogP contribution is -2.30. The summed E-state index contributed by atoms with van der Waals surface area (Å²) in [6, 6.07) is 5.64. The van der Waals surface area contributed by atoms with Gasteiger partial charge in [-0.2, -0.15) is 0 Å². The molecule has 1 aliphatic rings. The van der Waals surface area contributed by atoms with Gasteiger partial charge in [-0.05, 0) is 12.1 Å². The van der Waals surface area contributed by atoms with Crippen LogP contribution in [0.25, 0.3) is 0 Å². The fraction of sp³-hybridized carbons (Fsp3) is 0.417. The fourth-order valence-corrected chi connectivity index (χ4v) is 1.85. The average Bonchev–Trinajstić information content (AvgIpc) is 2.27. The molecule has 0 bridgehead atoms. The molecule has 16 heavy (non-hydrogen) atoms. The van der Waals surface area contributed by atoms with Crippen molar-refractivity contribution in [3.8, 4) is 11.5 Å². The van der Waals surface area contributed by atoms with Crippen molar-refractivity contribution in [2.24, 2.45) is 0 Å². The van der Waals surface area contributed by atoms with E-state index in [1.54, 1.807) is 7.11 Å². The molecule has 0 amide bonds. The molecule has 0 radical (unpaired) electrons. The van der Waals surface area contributed by atoms with Crippen LogP contribution in [-0.2, 0) is 16.0 Å². The molecule has 1 atom stereocenters. The van der Waals surface area contributed by atoms with Crippen LogP contribution in [0.15, 0.2) is 18.2 Å². The highest BCUT2D eigenvalue weighted by molar-refractivity contribution is 5.66. The van der Waals surface area contributed by atoms with Crippen LogP contribution in [0.3, 0.4) is 0 Å². The number of carbonyl (C=O) groups excluding carboxylic acids is 1. The molecule has 86 valence electrons. The standard InChI is InChI=1S/C12H14O4/c1-8(13)16-9-6-10-11(14-2)4-3-5-12(10)15-7-9/h3-5,9H,6-7H2,1-2H3. The van der Waals surface area contributed by atoms with Crippen molar-refractivity contribution < 1.29 is 19.0 Å². The lowest BCUT2D eigenvalue weighted by molar-refractivity contribution is -0.148. The van der Waals surface area contributed by atoms with Crippen molar-refractivity contribution in [2.75, 3.05) is 13.7 Å². The summed E-state index contributed by atoms with van der Waals surface area (Å²) in [5.41, 5.74) is 0.961. The highest BCUT2D eigenvalue weighted by Crippen LogP contribution is 2.33. The van der Waals surface area contributed by atoms with Gasteiger partial charge in [0.1, 0.15) is 24.2 Å². The van der Waals surface area contributed by atoms with Gasteiger partial charge in [-0.15, -0.1) is 0 Å². The van der Waals surface area contributed by atoms with Gasteiger partial charge in [-0.25, -0.2) is 0 Å². The number of rotatable bonds is 2. The van der Waals surface area contributed by atoms with Gasteiger partial charge in [0.05, 0.1) is 7.11 Å². The van der Waals surface area contributed by atoms with Gasteiger partial charge >= 0.3 is 5.97 Å². The van der Waals surface area contributed by atoms with Gasteiger partial charge in [-0.1, -0.05) is 6.07 Å². The van der Waals surface area contributed by atoms with Gasteiger partial charge in [0, 0.05) is 18.9 Å². The van der Waals surface area contributed by atoms with Crippen LogP contribution in [-0.4, -0.2) is 25.8 Å². The molecule has 0 aromatic heterocycles. The SMILES string of the molecule is COc1cccc2c1CC(OC(C)=O)CO2. The van der Waals surface area contributed by atoms with Crippen molar-refractivity contribution in [3.05, 3.63) is 23.8 Å². The molecule has 0 fully saturated rings. The van der Waals surface area contributed by atoms with Crippen molar-refractivity contribution in [3.63, 3.8) is 0 Å². The van der Waals surface area contributed by atoms with Crippen molar-refractivity contribution in [2.45, 2.75) is 19.4 Å². The molecule has 1 aromatic rings. The minimum atomic E-state index is -0.285. The number of carbonyl (C=O) groups is 1. The van der Waals surface area contributed by atoms with Gasteiger partial charge in [0.25, 0.3) is 0 Å². The summed E-state index contributed by atoms with van der Waals surface area (Å²) in [5, 5.41) is 0. The number of fused-ring (bicyclic) bond motifs is 1. The number of methoxy groups -OCH3 is 1. The van der Waals surface area contributed by atoms with Gasteiger partial charge < -0.3 is 14.2 Å². The number of benzene rings is 1. The number of hydrogen-bond acceptors (Lipinski definition) is 4. The smallest absolute Gasteiger partial charge is 0.303 e. The fourth-order valence-electron chi connectivity index (χ4n) is 1.85. The molecule has 0 N–H and O–H groups in total. The number of ether oxygens (including phenoxy) is 3. The Kier molecular flexibility index (Phi) is 2.99. The van der Waals surface area contributed by atoms with E-state index in [0.717, 1.165) is 17.1 Å². The molecule has 1 unspecified atom stereocenters. The molecule has 1 heterocycles. The Morgan fingerprint density at radius 1 is 1.50 bits per heavy atom. The van der Waals surface area contributed by atoms with Gasteiger partial charge in [-0.3, -0.25) is 4.79 Å². The molecule has 4 heteroatoms. The topological polar surface area (TPSA) is 44.8 Å². The molecule has 1 aliphatic heterocycles. The van der Waals surface area contributed by atoms with Gasteiger partial charge in [0.15, 0.2) is 0 Å². The summed E-state index contributed by atoms with van der Waals surface area (Å²) in [6.07, 6.45) is 0.417. The Bertz CT molecular complexity index is 386. The van der Waals surface area contributed by atoms with E-state index < -0.39 is 0 Å². The van der Waals surface area contributed by atoms with Crippen LogP contribution < -0.4 is 9.47 Å². The lowest BCUT2D eigenvalue weighted by atomic mass is 10.0. The number of hydrogen-bond donors (Lipinski definition) is 0. The second kappa shape index (κ2) is 4.43. The summed E-state index contributed by atoms with van der Waals surface area (Å²) in [6.45, 7) is 1.80. The Morgan fingerprint density at radius 2 is 2.31 bits per heavy atom. The predicted octanol–water partition coefficient (Wildman–Crippen LogP) is 1.56. The zero-order chi connectivity index (χ0) is 11.5. The van der Waals surface area contributed by atoms with E-state index >= 15 is 0 Å². The van der Waals surface area contributed by atoms with Crippen LogP contribution in [0.4, 0.5) is 0 Å². The lowest BCUT2D eigenvalue weighted by Gasteiger charge is -2.26. The van der Waals surface area contributed by atoms with Crippen LogP contribution in [0.5, 0.6) is 11.5 Å². The first-order valence-electron chi connectivity index (χ1n) is 5.16. The van der Waals surface area contributed by atoms with Crippen LogP contribution in [0, 0.1) is 0 Å². The summed E-state index contributed by atoms with van der Waals surface area (Å²) >= 11 is 0. The molecular weight excluding hydrogens is 208 g/mol. The van der Waals surface area contributed by atoms with Crippen molar-refractivity contribution >= 4 is 5.97 Å². The molecule has 0 saturated carbocycles. The first kappa shape index (κ1) is 10.8. The molecule has 4 nitrogen and oxygen atoms in total. The number of esters is 1. The maximum atomic E-state index is 10.9. The largest absolute Gasteiger partial charge is 0.496 e. The highest BCUT2D eigenvalue weighted by Gasteiger charge is 2.24. The van der Waals surface area contributed by atoms with E-state index in [4.69, 9.17) is 14.2 Å². The zero-order valence-electron chi connectivity index (χ0n) is 9.36. The first-order valence-corrected chi connectivity index (χ1v) is 5.16. The van der Waals surface area contributed by atoms with Crippen molar-refractivity contribution in [1.29, 1.82) is 0 Å². The van der Waals surface area contributed by atoms with Gasteiger partial charge in [0.2, 0.25) is 0 Å². The maximum absolute atomic E-state index is 10.9. The quantitative estimate of drug-likeness (QED) is 0.712. The van der Waals surface area contributed by atoms with E-state index in [0.29, 0.717) is 13.0 Å². The Labute approximate surface area is 94.1 Å². The summed E-state index contributed by atoms with van der Waals surface area (Å²) in [5.74, 6) is 1.30. The minimum Gasteiger partial charge on any atom is -0.496 e. The first-order chi connectivity index (χ1) is 7.70. The average molecular weight is 222 g/mol. The normalized spacial score (nSPS) is 18.2. The molecule has 0 aliphatic carbocycles.